The lowest BCUT2D eigenvalue weighted by molar-refractivity contribution is 0.525. The quantitative estimate of drug-likeness (QED) is 0.937. The van der Waals surface area contributed by atoms with Gasteiger partial charge in [0.05, 0.1) is 9.90 Å². The fourth-order valence-electron chi connectivity index (χ4n) is 1.54. The minimum absolute atomic E-state index is 0.151. The number of nitrogens with zero attached hydrogens (tertiary/aromatic N) is 3. The van der Waals surface area contributed by atoms with Crippen LogP contribution in [0.5, 0.6) is 0 Å². The summed E-state index contributed by atoms with van der Waals surface area (Å²) in [6, 6.07) is 1.57. The summed E-state index contributed by atoms with van der Waals surface area (Å²) < 4.78 is 24.4. The highest BCUT2D eigenvalue weighted by molar-refractivity contribution is 7.89. The Hall–Kier alpha value is -0.960. The van der Waals surface area contributed by atoms with Crippen LogP contribution in [0.1, 0.15) is 19.9 Å². The fraction of sp³-hybridized carbons (Fsp3) is 0.333. The molecular formula is C9H11ClN4O2S2. The molecule has 2 aromatic rings. The van der Waals surface area contributed by atoms with E-state index in [4.69, 9.17) is 16.7 Å². The topological polar surface area (TPSA) is 90.9 Å². The summed E-state index contributed by atoms with van der Waals surface area (Å²) in [5, 5.41) is 14.7. The van der Waals surface area contributed by atoms with Crippen molar-refractivity contribution in [2.45, 2.75) is 25.0 Å². The Morgan fingerprint density at radius 3 is 2.56 bits per heavy atom. The van der Waals surface area contributed by atoms with Crippen molar-refractivity contribution in [2.24, 2.45) is 5.14 Å². The molecule has 9 heteroatoms. The molecule has 0 bridgehead atoms. The Morgan fingerprint density at radius 2 is 2.11 bits per heavy atom. The molecule has 0 radical (unpaired) electrons. The summed E-state index contributed by atoms with van der Waals surface area (Å²) in [5.41, 5.74) is 0. The normalized spacial score (nSPS) is 12.3. The van der Waals surface area contributed by atoms with E-state index in [1.165, 1.54) is 15.9 Å². The first kappa shape index (κ1) is 13.5. The lowest BCUT2D eigenvalue weighted by atomic mass is 10.3. The molecule has 98 valence electrons. The van der Waals surface area contributed by atoms with Gasteiger partial charge in [0, 0.05) is 6.04 Å². The third kappa shape index (κ3) is 2.28. The molecule has 0 spiro atoms. The molecule has 6 nitrogen and oxygen atoms in total. The maximum absolute atomic E-state index is 11.5. The molecule has 0 aliphatic rings. The zero-order valence-electron chi connectivity index (χ0n) is 9.66. The van der Waals surface area contributed by atoms with Gasteiger partial charge in [0.15, 0.2) is 5.82 Å². The summed E-state index contributed by atoms with van der Waals surface area (Å²) in [6.45, 7) is 3.64. The number of hydrogen-bond donors (Lipinski definition) is 1. The molecule has 2 rings (SSSR count). The predicted octanol–water partition coefficient (Wildman–Crippen LogP) is 1.89. The first-order chi connectivity index (χ1) is 8.32. The zero-order valence-corrected chi connectivity index (χ0v) is 12.1. The van der Waals surface area contributed by atoms with Crippen molar-refractivity contribution in [3.05, 3.63) is 16.5 Å². The van der Waals surface area contributed by atoms with Crippen LogP contribution in [0.3, 0.4) is 0 Å². The van der Waals surface area contributed by atoms with E-state index in [1.807, 2.05) is 13.8 Å². The molecule has 0 saturated heterocycles. The number of primary sulfonamides is 1. The van der Waals surface area contributed by atoms with Crippen LogP contribution in [0, 0.1) is 0 Å². The molecule has 0 atom stereocenters. The number of rotatable bonds is 3. The Labute approximate surface area is 113 Å². The van der Waals surface area contributed by atoms with E-state index in [0.717, 1.165) is 0 Å². The SMILES string of the molecule is CC(C)n1c(-c2sccc2Cl)nnc1S(N)(=O)=O. The summed E-state index contributed by atoms with van der Waals surface area (Å²) in [7, 11) is -3.91. The number of thiophene rings is 1. The van der Waals surface area contributed by atoms with Gasteiger partial charge >= 0.3 is 0 Å². The van der Waals surface area contributed by atoms with Gasteiger partial charge in [-0.25, -0.2) is 13.6 Å². The van der Waals surface area contributed by atoms with Crippen LogP contribution in [-0.4, -0.2) is 23.2 Å². The second-order valence-electron chi connectivity index (χ2n) is 3.91. The summed E-state index contributed by atoms with van der Waals surface area (Å²) in [6.07, 6.45) is 0. The highest BCUT2D eigenvalue weighted by Crippen LogP contribution is 2.34. The monoisotopic (exact) mass is 306 g/mol. The molecule has 0 aliphatic heterocycles. The lowest BCUT2D eigenvalue weighted by Gasteiger charge is -2.12. The summed E-state index contributed by atoms with van der Waals surface area (Å²) in [4.78, 5) is 0.674. The molecular weight excluding hydrogens is 296 g/mol. The smallest absolute Gasteiger partial charge is 0.273 e. The number of hydrogen-bond acceptors (Lipinski definition) is 5. The molecule has 0 unspecified atom stereocenters. The maximum Gasteiger partial charge on any atom is 0.273 e. The average molecular weight is 307 g/mol. The minimum Gasteiger partial charge on any atom is -0.293 e. The van der Waals surface area contributed by atoms with Gasteiger partial charge in [-0.2, -0.15) is 0 Å². The second-order valence-corrected chi connectivity index (χ2v) is 6.69. The maximum atomic E-state index is 11.5. The summed E-state index contributed by atoms with van der Waals surface area (Å²) >= 11 is 7.39. The second kappa shape index (κ2) is 4.61. The Bertz CT molecular complexity index is 675. The number of sulfonamides is 1. The van der Waals surface area contributed by atoms with Crippen LogP contribution in [0.4, 0.5) is 0 Å². The van der Waals surface area contributed by atoms with Gasteiger partial charge < -0.3 is 0 Å². The molecule has 2 heterocycles. The van der Waals surface area contributed by atoms with Crippen molar-refractivity contribution in [3.8, 4) is 10.7 Å². The first-order valence-electron chi connectivity index (χ1n) is 5.03. The van der Waals surface area contributed by atoms with Crippen LogP contribution in [-0.2, 0) is 10.0 Å². The number of nitrogens with two attached hydrogens (primary N) is 1. The van der Waals surface area contributed by atoms with Crippen LogP contribution in [0.15, 0.2) is 16.6 Å². The lowest BCUT2D eigenvalue weighted by Crippen LogP contribution is -2.20. The van der Waals surface area contributed by atoms with E-state index < -0.39 is 10.0 Å². The van der Waals surface area contributed by atoms with Crippen molar-refractivity contribution in [1.29, 1.82) is 0 Å². The number of aromatic nitrogens is 3. The van der Waals surface area contributed by atoms with Gasteiger partial charge in [-0.05, 0) is 25.3 Å². The fourth-order valence-corrected chi connectivity index (χ4v) is 3.39. The molecule has 2 N–H and O–H groups in total. The molecule has 0 fully saturated rings. The van der Waals surface area contributed by atoms with Crippen LogP contribution in [0.25, 0.3) is 10.7 Å². The largest absolute Gasteiger partial charge is 0.293 e. The Balaban J connectivity index is 2.72. The Kier molecular flexibility index (Phi) is 3.45. The highest BCUT2D eigenvalue weighted by Gasteiger charge is 2.25. The van der Waals surface area contributed by atoms with Gasteiger partial charge in [-0.15, -0.1) is 21.5 Å². The number of halogens is 1. The van der Waals surface area contributed by atoms with Gasteiger partial charge in [-0.3, -0.25) is 4.57 Å². The molecule has 0 aliphatic carbocycles. The van der Waals surface area contributed by atoms with Crippen molar-refractivity contribution in [2.75, 3.05) is 0 Å². The van der Waals surface area contributed by atoms with E-state index in [1.54, 1.807) is 11.4 Å². The molecule has 0 saturated carbocycles. The molecule has 2 aromatic heterocycles. The van der Waals surface area contributed by atoms with Crippen LogP contribution in [0.2, 0.25) is 5.02 Å². The van der Waals surface area contributed by atoms with Crippen molar-refractivity contribution in [3.63, 3.8) is 0 Å². The van der Waals surface area contributed by atoms with Crippen LogP contribution >= 0.6 is 22.9 Å². The average Bonchev–Trinajstić information content (AvgIpc) is 2.80. The van der Waals surface area contributed by atoms with Crippen molar-refractivity contribution < 1.29 is 8.42 Å². The van der Waals surface area contributed by atoms with E-state index in [0.29, 0.717) is 15.7 Å². The van der Waals surface area contributed by atoms with Crippen molar-refractivity contribution in [1.82, 2.24) is 14.8 Å². The highest BCUT2D eigenvalue weighted by atomic mass is 35.5. The molecule has 18 heavy (non-hydrogen) atoms. The third-order valence-corrected chi connectivity index (χ3v) is 4.38. The van der Waals surface area contributed by atoms with Gasteiger partial charge in [-0.1, -0.05) is 11.6 Å². The Morgan fingerprint density at radius 1 is 1.44 bits per heavy atom. The van der Waals surface area contributed by atoms with E-state index >= 15 is 0 Å². The van der Waals surface area contributed by atoms with Crippen LogP contribution < -0.4 is 5.14 Å². The molecule has 0 amide bonds. The van der Waals surface area contributed by atoms with E-state index in [9.17, 15) is 8.42 Å². The standard InChI is InChI=1S/C9H11ClN4O2S2/c1-5(2)14-8(7-6(10)3-4-17-7)12-13-9(14)18(11,15)16/h3-5H,1-2H3,(H2,11,15,16). The van der Waals surface area contributed by atoms with Gasteiger partial charge in [0.1, 0.15) is 0 Å². The first-order valence-corrected chi connectivity index (χ1v) is 7.84. The molecule has 0 aromatic carbocycles. The van der Waals surface area contributed by atoms with E-state index in [2.05, 4.69) is 10.2 Å². The third-order valence-electron chi connectivity index (χ3n) is 2.26. The van der Waals surface area contributed by atoms with Gasteiger partial charge in [0.25, 0.3) is 15.2 Å². The zero-order chi connectivity index (χ0) is 13.5. The predicted molar refractivity (Wildman–Crippen MR) is 70.1 cm³/mol. The minimum atomic E-state index is -3.91. The van der Waals surface area contributed by atoms with E-state index in [-0.39, 0.29) is 11.2 Å². The summed E-state index contributed by atoms with van der Waals surface area (Å²) in [5.74, 6) is 0.411. The van der Waals surface area contributed by atoms with Crippen molar-refractivity contribution >= 4 is 33.0 Å². The van der Waals surface area contributed by atoms with Gasteiger partial charge in [0.2, 0.25) is 0 Å².